The Kier molecular flexibility index (Phi) is 3.34. The molecule has 0 aliphatic heterocycles. The highest BCUT2D eigenvalue weighted by Crippen LogP contribution is 1.99. The Morgan fingerprint density at radius 3 is 3.00 bits per heavy atom. The Morgan fingerprint density at radius 1 is 1.45 bits per heavy atom. The highest BCUT2D eigenvalue weighted by molar-refractivity contribution is 5.04. The molecule has 0 saturated heterocycles. The van der Waals surface area contributed by atoms with Crippen molar-refractivity contribution >= 4 is 0 Å². The average Bonchev–Trinajstić information content (AvgIpc) is 2.07. The zero-order valence-corrected chi connectivity index (χ0v) is 6.36. The molecule has 0 spiro atoms. The van der Waals surface area contributed by atoms with Crippen molar-refractivity contribution in [2.45, 2.75) is 0 Å². The number of aromatic nitrogens is 2. The molecule has 1 rings (SSSR count). The molecule has 1 aromatic rings. The number of nitrogens with zero attached hydrogens (tertiary/aromatic N) is 2. The third kappa shape index (κ3) is 2.95. The number of ether oxygens (including phenoxy) is 2. The number of hydrogen-bond donors (Lipinski definition) is 0. The number of rotatable bonds is 4. The molecule has 0 N–H and O–H groups in total. The van der Waals surface area contributed by atoms with Crippen LogP contribution in [0, 0.1) is 0 Å². The first-order valence-electron chi connectivity index (χ1n) is 3.33. The van der Waals surface area contributed by atoms with Gasteiger partial charge in [-0.3, -0.25) is 0 Å². The summed E-state index contributed by atoms with van der Waals surface area (Å²) < 4.78 is 9.94. The van der Waals surface area contributed by atoms with Gasteiger partial charge in [-0.2, -0.15) is 5.10 Å². The van der Waals surface area contributed by atoms with Crippen molar-refractivity contribution in [3.63, 3.8) is 0 Å². The van der Waals surface area contributed by atoms with Crippen LogP contribution < -0.4 is 4.74 Å². The molecule has 4 heteroatoms. The molecular weight excluding hydrogens is 144 g/mol. The number of methoxy groups -OCH3 is 1. The molecule has 0 fully saturated rings. The summed E-state index contributed by atoms with van der Waals surface area (Å²) in [6.07, 6.45) is 1.60. The Morgan fingerprint density at radius 2 is 2.36 bits per heavy atom. The van der Waals surface area contributed by atoms with E-state index in [0.29, 0.717) is 19.1 Å². The third-order valence-electron chi connectivity index (χ3n) is 1.09. The predicted molar refractivity (Wildman–Crippen MR) is 39.4 cm³/mol. The van der Waals surface area contributed by atoms with Crippen LogP contribution >= 0.6 is 0 Å². The topological polar surface area (TPSA) is 44.2 Å². The van der Waals surface area contributed by atoms with E-state index in [1.165, 1.54) is 0 Å². The van der Waals surface area contributed by atoms with Gasteiger partial charge >= 0.3 is 0 Å². The van der Waals surface area contributed by atoms with Crippen LogP contribution in [-0.4, -0.2) is 30.5 Å². The van der Waals surface area contributed by atoms with Crippen LogP contribution in [-0.2, 0) is 4.74 Å². The van der Waals surface area contributed by atoms with Crippen molar-refractivity contribution in [3.05, 3.63) is 18.3 Å². The van der Waals surface area contributed by atoms with Crippen LogP contribution in [0.1, 0.15) is 0 Å². The van der Waals surface area contributed by atoms with Crippen LogP contribution in [0.3, 0.4) is 0 Å². The fourth-order valence-electron chi connectivity index (χ4n) is 0.594. The second kappa shape index (κ2) is 4.62. The van der Waals surface area contributed by atoms with Crippen molar-refractivity contribution in [3.8, 4) is 5.88 Å². The van der Waals surface area contributed by atoms with E-state index in [4.69, 9.17) is 9.47 Å². The molecule has 1 aromatic heterocycles. The third-order valence-corrected chi connectivity index (χ3v) is 1.09. The molecule has 0 unspecified atom stereocenters. The minimum atomic E-state index is 0.509. The molecular formula is C7H10N2O2. The van der Waals surface area contributed by atoms with Crippen LogP contribution in [0.5, 0.6) is 5.88 Å². The summed E-state index contributed by atoms with van der Waals surface area (Å²) >= 11 is 0. The summed E-state index contributed by atoms with van der Waals surface area (Å²) in [5.74, 6) is 0.532. The van der Waals surface area contributed by atoms with E-state index in [-0.39, 0.29) is 0 Å². The monoisotopic (exact) mass is 154 g/mol. The van der Waals surface area contributed by atoms with Crippen molar-refractivity contribution in [1.82, 2.24) is 10.2 Å². The summed E-state index contributed by atoms with van der Waals surface area (Å²) in [5, 5.41) is 7.37. The van der Waals surface area contributed by atoms with E-state index in [2.05, 4.69) is 10.2 Å². The van der Waals surface area contributed by atoms with Gasteiger partial charge in [0.1, 0.15) is 6.61 Å². The second-order valence-corrected chi connectivity index (χ2v) is 1.90. The minimum Gasteiger partial charge on any atom is -0.474 e. The maximum absolute atomic E-state index is 5.15. The summed E-state index contributed by atoms with van der Waals surface area (Å²) in [7, 11) is 1.63. The van der Waals surface area contributed by atoms with E-state index >= 15 is 0 Å². The molecule has 0 saturated carbocycles. The van der Waals surface area contributed by atoms with E-state index in [9.17, 15) is 0 Å². The zero-order valence-electron chi connectivity index (χ0n) is 6.36. The average molecular weight is 154 g/mol. The van der Waals surface area contributed by atoms with Gasteiger partial charge in [-0.15, -0.1) is 5.10 Å². The normalized spacial score (nSPS) is 9.55. The predicted octanol–water partition coefficient (Wildman–Crippen LogP) is 0.502. The van der Waals surface area contributed by atoms with E-state index in [1.54, 1.807) is 25.4 Å². The maximum Gasteiger partial charge on any atom is 0.233 e. The lowest BCUT2D eigenvalue weighted by Gasteiger charge is -2.01. The Labute approximate surface area is 65.2 Å². The van der Waals surface area contributed by atoms with Gasteiger partial charge in [0.15, 0.2) is 0 Å². The molecule has 0 aromatic carbocycles. The highest BCUT2D eigenvalue weighted by Gasteiger charge is 1.91. The van der Waals surface area contributed by atoms with E-state index in [1.807, 2.05) is 0 Å². The standard InChI is InChI=1S/C7H10N2O2/c1-10-5-6-11-7-3-2-4-8-9-7/h2-4H,5-6H2,1H3. The molecule has 1 heterocycles. The van der Waals surface area contributed by atoms with Gasteiger partial charge in [0.2, 0.25) is 5.88 Å². The van der Waals surface area contributed by atoms with Gasteiger partial charge in [-0.05, 0) is 6.07 Å². The first-order chi connectivity index (χ1) is 5.43. The summed E-state index contributed by atoms with van der Waals surface area (Å²) in [5.41, 5.74) is 0. The molecule has 0 radical (unpaired) electrons. The lowest BCUT2D eigenvalue weighted by atomic mass is 10.6. The van der Waals surface area contributed by atoms with Crippen LogP contribution in [0.2, 0.25) is 0 Å². The maximum atomic E-state index is 5.15. The smallest absolute Gasteiger partial charge is 0.233 e. The molecule has 0 aliphatic rings. The van der Waals surface area contributed by atoms with Gasteiger partial charge in [0.05, 0.1) is 6.61 Å². The largest absolute Gasteiger partial charge is 0.474 e. The van der Waals surface area contributed by atoms with Gasteiger partial charge in [0, 0.05) is 19.4 Å². The molecule has 0 bridgehead atoms. The summed E-state index contributed by atoms with van der Waals surface area (Å²) in [6, 6.07) is 3.53. The van der Waals surface area contributed by atoms with Gasteiger partial charge in [-0.25, -0.2) is 0 Å². The molecule has 11 heavy (non-hydrogen) atoms. The van der Waals surface area contributed by atoms with E-state index < -0.39 is 0 Å². The van der Waals surface area contributed by atoms with Gasteiger partial charge in [-0.1, -0.05) is 0 Å². The highest BCUT2D eigenvalue weighted by atomic mass is 16.5. The Bertz CT molecular complexity index is 191. The fraction of sp³-hybridized carbons (Fsp3) is 0.429. The zero-order chi connectivity index (χ0) is 7.94. The first kappa shape index (κ1) is 7.94. The van der Waals surface area contributed by atoms with Crippen molar-refractivity contribution in [2.24, 2.45) is 0 Å². The van der Waals surface area contributed by atoms with Crippen LogP contribution in [0.4, 0.5) is 0 Å². The molecule has 0 aliphatic carbocycles. The quantitative estimate of drug-likeness (QED) is 0.592. The molecule has 0 atom stereocenters. The SMILES string of the molecule is COCCOc1cccnn1. The fourth-order valence-corrected chi connectivity index (χ4v) is 0.594. The minimum absolute atomic E-state index is 0.509. The second-order valence-electron chi connectivity index (χ2n) is 1.90. The molecule has 4 nitrogen and oxygen atoms in total. The summed E-state index contributed by atoms with van der Waals surface area (Å²) in [6.45, 7) is 1.08. The van der Waals surface area contributed by atoms with Gasteiger partial charge in [0.25, 0.3) is 0 Å². The summed E-state index contributed by atoms with van der Waals surface area (Å²) in [4.78, 5) is 0. The Balaban J connectivity index is 2.28. The molecule has 0 amide bonds. The lowest BCUT2D eigenvalue weighted by Crippen LogP contribution is -2.05. The van der Waals surface area contributed by atoms with Crippen molar-refractivity contribution in [2.75, 3.05) is 20.3 Å². The Hall–Kier alpha value is -1.16. The van der Waals surface area contributed by atoms with Crippen LogP contribution in [0.25, 0.3) is 0 Å². The van der Waals surface area contributed by atoms with Crippen molar-refractivity contribution < 1.29 is 9.47 Å². The van der Waals surface area contributed by atoms with Crippen molar-refractivity contribution in [1.29, 1.82) is 0 Å². The number of hydrogen-bond acceptors (Lipinski definition) is 4. The van der Waals surface area contributed by atoms with Crippen LogP contribution in [0.15, 0.2) is 18.3 Å². The molecule has 60 valence electrons. The lowest BCUT2D eigenvalue weighted by molar-refractivity contribution is 0.143. The first-order valence-corrected chi connectivity index (χ1v) is 3.33. The van der Waals surface area contributed by atoms with E-state index in [0.717, 1.165) is 0 Å². The van der Waals surface area contributed by atoms with Gasteiger partial charge < -0.3 is 9.47 Å².